The Kier molecular flexibility index (Phi) is 3.66. The van der Waals surface area contributed by atoms with Crippen LogP contribution < -0.4 is 5.32 Å². The molecule has 0 bridgehead atoms. The van der Waals surface area contributed by atoms with Gasteiger partial charge in [-0.05, 0) is 13.3 Å². The highest BCUT2D eigenvalue weighted by atomic mass is 16.1. The fourth-order valence-corrected chi connectivity index (χ4v) is 1.55. The molecule has 0 atom stereocenters. The van der Waals surface area contributed by atoms with E-state index in [9.17, 15) is 4.79 Å². The SMILES string of the molecule is CCCC(=O)Nc1cnc(-n2ccnc2C)nc1. The molecular formula is C12H15N5O. The summed E-state index contributed by atoms with van der Waals surface area (Å²) < 4.78 is 1.78. The largest absolute Gasteiger partial charge is 0.323 e. The van der Waals surface area contributed by atoms with Gasteiger partial charge in [0.25, 0.3) is 0 Å². The number of carbonyl (C=O) groups excluding carboxylic acids is 1. The molecule has 6 heteroatoms. The third-order valence-corrected chi connectivity index (χ3v) is 2.44. The number of nitrogens with one attached hydrogen (secondary N) is 1. The summed E-state index contributed by atoms with van der Waals surface area (Å²) in [6, 6.07) is 0. The molecule has 2 aromatic rings. The van der Waals surface area contributed by atoms with Crippen molar-refractivity contribution in [2.24, 2.45) is 0 Å². The molecule has 2 aromatic heterocycles. The second kappa shape index (κ2) is 5.39. The van der Waals surface area contributed by atoms with Crippen molar-refractivity contribution < 1.29 is 4.79 Å². The number of aryl methyl sites for hydroxylation is 1. The molecule has 0 aliphatic rings. The van der Waals surface area contributed by atoms with Crippen LogP contribution in [0.3, 0.4) is 0 Å². The van der Waals surface area contributed by atoms with Crippen LogP contribution in [0.1, 0.15) is 25.6 Å². The predicted octanol–water partition coefficient (Wildman–Crippen LogP) is 1.71. The number of anilines is 1. The zero-order chi connectivity index (χ0) is 13.0. The summed E-state index contributed by atoms with van der Waals surface area (Å²) in [7, 11) is 0. The number of rotatable bonds is 4. The fraction of sp³-hybridized carbons (Fsp3) is 0.333. The van der Waals surface area contributed by atoms with E-state index in [-0.39, 0.29) is 5.91 Å². The van der Waals surface area contributed by atoms with E-state index in [1.54, 1.807) is 29.4 Å². The van der Waals surface area contributed by atoms with Gasteiger partial charge in [-0.15, -0.1) is 0 Å². The van der Waals surface area contributed by atoms with Crippen molar-refractivity contribution >= 4 is 11.6 Å². The molecule has 94 valence electrons. The number of hydrogen-bond acceptors (Lipinski definition) is 4. The molecule has 0 aliphatic carbocycles. The van der Waals surface area contributed by atoms with Gasteiger partial charge in [0.05, 0.1) is 18.1 Å². The first-order valence-corrected chi connectivity index (χ1v) is 5.83. The monoisotopic (exact) mass is 245 g/mol. The Labute approximate surface area is 105 Å². The van der Waals surface area contributed by atoms with Gasteiger partial charge >= 0.3 is 0 Å². The van der Waals surface area contributed by atoms with Crippen LogP contribution in [0.4, 0.5) is 5.69 Å². The van der Waals surface area contributed by atoms with E-state index < -0.39 is 0 Å². The van der Waals surface area contributed by atoms with Crippen molar-refractivity contribution in [3.8, 4) is 5.95 Å². The summed E-state index contributed by atoms with van der Waals surface area (Å²) in [5.74, 6) is 1.34. The minimum Gasteiger partial charge on any atom is -0.323 e. The molecule has 0 aromatic carbocycles. The number of nitrogens with zero attached hydrogens (tertiary/aromatic N) is 4. The van der Waals surface area contributed by atoms with E-state index in [4.69, 9.17) is 0 Å². The average molecular weight is 245 g/mol. The number of carbonyl (C=O) groups is 1. The first-order chi connectivity index (χ1) is 8.70. The maximum atomic E-state index is 11.4. The van der Waals surface area contributed by atoms with Crippen molar-refractivity contribution in [2.45, 2.75) is 26.7 Å². The predicted molar refractivity (Wildman–Crippen MR) is 67.4 cm³/mol. The molecule has 1 N–H and O–H groups in total. The van der Waals surface area contributed by atoms with Crippen molar-refractivity contribution in [3.05, 3.63) is 30.6 Å². The van der Waals surface area contributed by atoms with E-state index in [0.29, 0.717) is 18.1 Å². The lowest BCUT2D eigenvalue weighted by atomic mass is 10.3. The molecule has 0 fully saturated rings. The summed E-state index contributed by atoms with van der Waals surface area (Å²) in [6.07, 6.45) is 7.99. The minimum absolute atomic E-state index is 0.0207. The third-order valence-electron chi connectivity index (χ3n) is 2.44. The molecule has 0 radical (unpaired) electrons. The smallest absolute Gasteiger partial charge is 0.235 e. The summed E-state index contributed by atoms with van der Waals surface area (Å²) in [6.45, 7) is 3.83. The number of hydrogen-bond donors (Lipinski definition) is 1. The van der Waals surface area contributed by atoms with Gasteiger partial charge in [0.15, 0.2) is 0 Å². The first kappa shape index (κ1) is 12.2. The second-order valence-corrected chi connectivity index (χ2v) is 3.91. The normalized spacial score (nSPS) is 10.3. The van der Waals surface area contributed by atoms with E-state index in [2.05, 4.69) is 20.3 Å². The molecule has 0 unspecified atom stereocenters. The summed E-state index contributed by atoms with van der Waals surface area (Å²) in [4.78, 5) is 23.9. The highest BCUT2D eigenvalue weighted by Gasteiger charge is 2.05. The summed E-state index contributed by atoms with van der Waals surface area (Å²) in [5, 5.41) is 2.74. The third kappa shape index (κ3) is 2.71. The van der Waals surface area contributed by atoms with Gasteiger partial charge < -0.3 is 5.32 Å². The molecule has 0 saturated heterocycles. The Morgan fingerprint density at radius 3 is 2.61 bits per heavy atom. The molecule has 2 heterocycles. The van der Waals surface area contributed by atoms with Crippen molar-refractivity contribution in [3.63, 3.8) is 0 Å². The van der Waals surface area contributed by atoms with Gasteiger partial charge in [0.1, 0.15) is 5.82 Å². The standard InChI is InChI=1S/C12H15N5O/c1-3-4-11(18)16-10-7-14-12(15-8-10)17-6-5-13-9(17)2/h5-8H,3-4H2,1-2H3,(H,16,18). The second-order valence-electron chi connectivity index (χ2n) is 3.91. The lowest BCUT2D eigenvalue weighted by molar-refractivity contribution is -0.116. The number of amides is 1. The molecule has 1 amide bonds. The average Bonchev–Trinajstić information content (AvgIpc) is 2.77. The highest BCUT2D eigenvalue weighted by molar-refractivity contribution is 5.90. The van der Waals surface area contributed by atoms with Crippen LogP contribution in [0.5, 0.6) is 0 Å². The van der Waals surface area contributed by atoms with Gasteiger partial charge in [-0.1, -0.05) is 6.92 Å². The Bertz CT molecular complexity index is 532. The van der Waals surface area contributed by atoms with Gasteiger partial charge in [-0.2, -0.15) is 0 Å². The number of imidazole rings is 1. The van der Waals surface area contributed by atoms with Gasteiger partial charge in [-0.3, -0.25) is 9.36 Å². The Morgan fingerprint density at radius 1 is 1.33 bits per heavy atom. The van der Waals surface area contributed by atoms with Crippen LogP contribution in [0, 0.1) is 6.92 Å². The van der Waals surface area contributed by atoms with Crippen LogP contribution in [-0.2, 0) is 4.79 Å². The van der Waals surface area contributed by atoms with E-state index >= 15 is 0 Å². The van der Waals surface area contributed by atoms with E-state index in [1.165, 1.54) is 0 Å². The van der Waals surface area contributed by atoms with E-state index in [1.807, 2.05) is 13.8 Å². The molecule has 6 nitrogen and oxygen atoms in total. The van der Waals surface area contributed by atoms with Crippen LogP contribution >= 0.6 is 0 Å². The van der Waals surface area contributed by atoms with Crippen molar-refractivity contribution in [1.82, 2.24) is 19.5 Å². The zero-order valence-corrected chi connectivity index (χ0v) is 10.4. The Hall–Kier alpha value is -2.24. The number of aromatic nitrogens is 4. The molecule has 18 heavy (non-hydrogen) atoms. The quantitative estimate of drug-likeness (QED) is 0.890. The summed E-state index contributed by atoms with van der Waals surface area (Å²) >= 11 is 0. The maximum absolute atomic E-state index is 11.4. The molecule has 0 aliphatic heterocycles. The highest BCUT2D eigenvalue weighted by Crippen LogP contribution is 2.08. The first-order valence-electron chi connectivity index (χ1n) is 5.83. The Morgan fingerprint density at radius 2 is 2.06 bits per heavy atom. The van der Waals surface area contributed by atoms with Crippen LogP contribution in [0.25, 0.3) is 5.95 Å². The zero-order valence-electron chi connectivity index (χ0n) is 10.4. The van der Waals surface area contributed by atoms with Crippen LogP contribution in [-0.4, -0.2) is 25.4 Å². The molecule has 0 spiro atoms. The van der Waals surface area contributed by atoms with E-state index in [0.717, 1.165) is 12.2 Å². The Balaban J connectivity index is 2.11. The molecule has 2 rings (SSSR count). The van der Waals surface area contributed by atoms with Crippen molar-refractivity contribution in [1.29, 1.82) is 0 Å². The topological polar surface area (TPSA) is 72.7 Å². The lowest BCUT2D eigenvalue weighted by Crippen LogP contribution is -2.11. The van der Waals surface area contributed by atoms with Gasteiger partial charge in [0, 0.05) is 18.8 Å². The van der Waals surface area contributed by atoms with Crippen LogP contribution in [0.15, 0.2) is 24.8 Å². The summed E-state index contributed by atoms with van der Waals surface area (Å²) in [5.41, 5.74) is 0.606. The van der Waals surface area contributed by atoms with Gasteiger partial charge in [0.2, 0.25) is 11.9 Å². The minimum atomic E-state index is -0.0207. The fourth-order valence-electron chi connectivity index (χ4n) is 1.55. The lowest BCUT2D eigenvalue weighted by Gasteiger charge is -2.05. The maximum Gasteiger partial charge on any atom is 0.235 e. The van der Waals surface area contributed by atoms with Gasteiger partial charge in [-0.25, -0.2) is 15.0 Å². The van der Waals surface area contributed by atoms with Crippen molar-refractivity contribution in [2.75, 3.05) is 5.32 Å². The molecule has 0 saturated carbocycles. The molecular weight excluding hydrogens is 230 g/mol. The van der Waals surface area contributed by atoms with Crippen LogP contribution in [0.2, 0.25) is 0 Å².